The number of urea groups is 1. The molecule has 1 fully saturated rings. The van der Waals surface area contributed by atoms with Crippen molar-refractivity contribution in [2.45, 2.75) is 51.2 Å². The van der Waals surface area contributed by atoms with Crippen LogP contribution in [-0.4, -0.2) is 41.0 Å². The molecule has 1 aromatic carbocycles. The molecule has 1 aromatic heterocycles. The predicted molar refractivity (Wildman–Crippen MR) is 114 cm³/mol. The fourth-order valence-electron chi connectivity index (χ4n) is 3.89. The minimum absolute atomic E-state index is 0.0680. The summed E-state index contributed by atoms with van der Waals surface area (Å²) >= 11 is 1.47. The number of thiazole rings is 1. The molecule has 9 heteroatoms. The molecule has 0 spiro atoms. The quantitative estimate of drug-likeness (QED) is 0.656. The second-order valence-electron chi connectivity index (χ2n) is 7.83. The Bertz CT molecular complexity index is 895. The number of anilines is 1. The van der Waals surface area contributed by atoms with Crippen molar-refractivity contribution in [3.05, 3.63) is 46.2 Å². The minimum atomic E-state index is -0.288. The first-order valence-electron chi connectivity index (χ1n) is 10.3. The first-order chi connectivity index (χ1) is 14.5. The number of aromatic nitrogens is 1. The lowest BCUT2D eigenvalue weighted by Crippen LogP contribution is -2.39. The Labute approximate surface area is 179 Å². The van der Waals surface area contributed by atoms with Crippen molar-refractivity contribution in [1.29, 1.82) is 0 Å². The first-order valence-corrected chi connectivity index (χ1v) is 11.2. The number of hydrogen-bond acceptors (Lipinski definition) is 5. The van der Waals surface area contributed by atoms with Crippen molar-refractivity contribution < 1.29 is 14.0 Å². The highest BCUT2D eigenvalue weighted by atomic mass is 32.1. The highest BCUT2D eigenvalue weighted by Gasteiger charge is 2.23. The molecule has 2 aliphatic rings. The summed E-state index contributed by atoms with van der Waals surface area (Å²) in [4.78, 5) is 32.1. The predicted octanol–water partition coefficient (Wildman–Crippen LogP) is 3.02. The maximum absolute atomic E-state index is 13.0. The van der Waals surface area contributed by atoms with Gasteiger partial charge in [-0.1, -0.05) is 25.0 Å². The molecule has 3 amide bonds. The minimum Gasteiger partial charge on any atom is -0.351 e. The molecule has 0 saturated heterocycles. The summed E-state index contributed by atoms with van der Waals surface area (Å²) in [7, 11) is 0. The second-order valence-corrected chi connectivity index (χ2v) is 8.92. The maximum Gasteiger partial charge on any atom is 0.321 e. The molecule has 1 aliphatic carbocycles. The van der Waals surface area contributed by atoms with E-state index in [4.69, 9.17) is 0 Å². The zero-order valence-electron chi connectivity index (χ0n) is 16.7. The van der Waals surface area contributed by atoms with E-state index in [-0.39, 0.29) is 23.8 Å². The third kappa shape index (κ3) is 5.54. The standard InChI is InChI=1S/C21H26FN5O2S/c22-15-7-5-14(6-8-15)11-23-19(28)13-27-10-9-17-18(12-27)30-21(25-17)26-20(29)24-16-3-1-2-4-16/h5-8,16H,1-4,9-13H2,(H,23,28)(H2,24,25,26,29). The van der Waals surface area contributed by atoms with Gasteiger partial charge in [0.1, 0.15) is 5.82 Å². The van der Waals surface area contributed by atoms with Crippen LogP contribution >= 0.6 is 11.3 Å². The second kappa shape index (κ2) is 9.53. The van der Waals surface area contributed by atoms with Gasteiger partial charge in [0.2, 0.25) is 5.91 Å². The third-order valence-electron chi connectivity index (χ3n) is 5.49. The number of halogens is 1. The summed E-state index contributed by atoms with van der Waals surface area (Å²) in [6, 6.07) is 6.18. The maximum atomic E-state index is 13.0. The van der Waals surface area contributed by atoms with Crippen LogP contribution in [0.4, 0.5) is 14.3 Å². The number of hydrogen-bond donors (Lipinski definition) is 3. The molecule has 1 aliphatic heterocycles. The molecule has 7 nitrogen and oxygen atoms in total. The Morgan fingerprint density at radius 3 is 2.73 bits per heavy atom. The van der Waals surface area contributed by atoms with Crippen LogP contribution in [-0.2, 0) is 24.3 Å². The summed E-state index contributed by atoms with van der Waals surface area (Å²) in [5.74, 6) is -0.356. The zero-order chi connectivity index (χ0) is 20.9. The van der Waals surface area contributed by atoms with Crippen molar-refractivity contribution in [2.75, 3.05) is 18.4 Å². The number of amides is 3. The van der Waals surface area contributed by atoms with Gasteiger partial charge in [-0.15, -0.1) is 11.3 Å². The molecule has 0 bridgehead atoms. The fourth-order valence-corrected chi connectivity index (χ4v) is 4.93. The van der Waals surface area contributed by atoms with E-state index in [1.807, 2.05) is 0 Å². The van der Waals surface area contributed by atoms with Gasteiger partial charge in [0, 0.05) is 37.0 Å². The Kier molecular flexibility index (Phi) is 6.59. The van der Waals surface area contributed by atoms with Crippen molar-refractivity contribution in [3.8, 4) is 0 Å². The summed E-state index contributed by atoms with van der Waals surface area (Å²) in [5.41, 5.74) is 1.86. The van der Waals surface area contributed by atoms with E-state index >= 15 is 0 Å². The van der Waals surface area contributed by atoms with Gasteiger partial charge in [-0.25, -0.2) is 14.2 Å². The summed E-state index contributed by atoms with van der Waals surface area (Å²) < 4.78 is 13.0. The van der Waals surface area contributed by atoms with Crippen LogP contribution in [0.2, 0.25) is 0 Å². The van der Waals surface area contributed by atoms with Gasteiger partial charge in [-0.2, -0.15) is 0 Å². The Hall–Kier alpha value is -2.52. The van der Waals surface area contributed by atoms with Crippen LogP contribution < -0.4 is 16.0 Å². The van der Waals surface area contributed by atoms with E-state index in [1.54, 1.807) is 12.1 Å². The lowest BCUT2D eigenvalue weighted by molar-refractivity contribution is -0.122. The van der Waals surface area contributed by atoms with Crippen LogP contribution in [0.5, 0.6) is 0 Å². The Morgan fingerprint density at radius 2 is 1.97 bits per heavy atom. The van der Waals surface area contributed by atoms with Crippen LogP contribution in [0.1, 0.15) is 41.8 Å². The van der Waals surface area contributed by atoms with Crippen molar-refractivity contribution in [1.82, 2.24) is 20.5 Å². The number of carbonyl (C=O) groups excluding carboxylic acids is 2. The Balaban J connectivity index is 1.24. The van der Waals surface area contributed by atoms with E-state index in [0.29, 0.717) is 24.8 Å². The number of benzene rings is 1. The van der Waals surface area contributed by atoms with Gasteiger partial charge in [-0.05, 0) is 30.5 Å². The van der Waals surface area contributed by atoms with Crippen molar-refractivity contribution >= 4 is 28.4 Å². The van der Waals surface area contributed by atoms with Gasteiger partial charge in [-0.3, -0.25) is 15.0 Å². The van der Waals surface area contributed by atoms with E-state index in [2.05, 4.69) is 25.8 Å². The summed E-state index contributed by atoms with van der Waals surface area (Å²) in [6.45, 7) is 2.06. The topological polar surface area (TPSA) is 86.4 Å². The third-order valence-corrected chi connectivity index (χ3v) is 6.49. The van der Waals surface area contributed by atoms with Crippen LogP contribution in [0, 0.1) is 5.82 Å². The first kappa shape index (κ1) is 20.7. The number of rotatable bonds is 6. The number of nitrogens with zero attached hydrogens (tertiary/aromatic N) is 2. The molecular formula is C21H26FN5O2S. The molecule has 0 unspecified atom stereocenters. The molecule has 4 rings (SSSR count). The average molecular weight is 432 g/mol. The van der Waals surface area contributed by atoms with Crippen LogP contribution in [0.25, 0.3) is 0 Å². The van der Waals surface area contributed by atoms with Crippen molar-refractivity contribution in [3.63, 3.8) is 0 Å². The highest BCUT2D eigenvalue weighted by Crippen LogP contribution is 2.28. The molecule has 2 aromatic rings. The molecule has 1 saturated carbocycles. The molecule has 2 heterocycles. The monoisotopic (exact) mass is 431 g/mol. The van der Waals surface area contributed by atoms with Gasteiger partial charge in [0.15, 0.2) is 5.13 Å². The van der Waals surface area contributed by atoms with Crippen molar-refractivity contribution in [2.24, 2.45) is 0 Å². The zero-order valence-corrected chi connectivity index (χ0v) is 17.6. The lowest BCUT2D eigenvalue weighted by Gasteiger charge is -2.25. The van der Waals surface area contributed by atoms with Gasteiger partial charge < -0.3 is 10.6 Å². The summed E-state index contributed by atoms with van der Waals surface area (Å²) in [6.07, 6.45) is 5.18. The molecule has 160 valence electrons. The smallest absolute Gasteiger partial charge is 0.321 e. The van der Waals surface area contributed by atoms with Crippen LogP contribution in [0.3, 0.4) is 0 Å². The fraction of sp³-hybridized carbons (Fsp3) is 0.476. The largest absolute Gasteiger partial charge is 0.351 e. The van der Waals surface area contributed by atoms with E-state index in [0.717, 1.165) is 41.9 Å². The van der Waals surface area contributed by atoms with Crippen LogP contribution in [0.15, 0.2) is 24.3 Å². The molecule has 0 radical (unpaired) electrons. The number of fused-ring (bicyclic) bond motifs is 1. The molecule has 30 heavy (non-hydrogen) atoms. The SMILES string of the molecule is O=C(CN1CCc2nc(NC(=O)NC3CCCC3)sc2C1)NCc1ccc(F)cc1. The molecule has 0 atom stereocenters. The van der Waals surface area contributed by atoms with Gasteiger partial charge >= 0.3 is 6.03 Å². The van der Waals surface area contributed by atoms with Gasteiger partial charge in [0.25, 0.3) is 0 Å². The highest BCUT2D eigenvalue weighted by molar-refractivity contribution is 7.15. The summed E-state index contributed by atoms with van der Waals surface area (Å²) in [5, 5.41) is 9.35. The average Bonchev–Trinajstić information content (AvgIpc) is 3.36. The lowest BCUT2D eigenvalue weighted by atomic mass is 10.2. The van der Waals surface area contributed by atoms with E-state index in [1.165, 1.54) is 36.3 Å². The number of carbonyl (C=O) groups is 2. The van der Waals surface area contributed by atoms with E-state index < -0.39 is 0 Å². The molecule has 3 N–H and O–H groups in total. The number of nitrogens with one attached hydrogen (secondary N) is 3. The van der Waals surface area contributed by atoms with Gasteiger partial charge in [0.05, 0.1) is 12.2 Å². The normalized spacial score (nSPS) is 16.8. The van der Waals surface area contributed by atoms with E-state index in [9.17, 15) is 14.0 Å². The Morgan fingerprint density at radius 1 is 1.20 bits per heavy atom. The molecular weight excluding hydrogens is 405 g/mol.